The molecule has 7 nitrogen and oxygen atoms in total. The molecule has 0 atom stereocenters. The van der Waals surface area contributed by atoms with E-state index in [2.05, 4.69) is 15.0 Å². The number of rotatable bonds is 5. The normalized spacial score (nSPS) is 9.96. The van der Waals surface area contributed by atoms with Gasteiger partial charge in [-0.1, -0.05) is 24.3 Å². The number of pyridine rings is 1. The molecule has 2 heterocycles. The Bertz CT molecular complexity index is 863. The number of nitriles is 1. The molecule has 0 aliphatic heterocycles. The van der Waals surface area contributed by atoms with Crippen LogP contribution in [-0.2, 0) is 6.61 Å². The van der Waals surface area contributed by atoms with Crippen LogP contribution in [0.1, 0.15) is 11.3 Å². The van der Waals surface area contributed by atoms with Crippen molar-refractivity contribution in [2.45, 2.75) is 6.61 Å². The van der Waals surface area contributed by atoms with Gasteiger partial charge in [0.05, 0.1) is 5.69 Å². The highest BCUT2D eigenvalue weighted by molar-refractivity contribution is 5.50. The number of hydrogen-bond donors (Lipinski definition) is 1. The summed E-state index contributed by atoms with van der Waals surface area (Å²) in [6.45, 7) is 0.150. The monoisotopic (exact) mass is 319 g/mol. The number of nitrogens with zero attached hydrogens (tertiary/aromatic N) is 4. The van der Waals surface area contributed by atoms with Crippen LogP contribution in [0.3, 0.4) is 0 Å². The molecule has 2 aromatic heterocycles. The van der Waals surface area contributed by atoms with Gasteiger partial charge in [-0.05, 0) is 24.3 Å². The van der Waals surface area contributed by atoms with E-state index in [0.717, 1.165) is 0 Å². The van der Waals surface area contributed by atoms with Crippen LogP contribution in [0.5, 0.6) is 17.5 Å². The van der Waals surface area contributed by atoms with Gasteiger partial charge in [-0.15, -0.1) is 0 Å². The molecule has 0 radical (unpaired) electrons. The van der Waals surface area contributed by atoms with Crippen molar-refractivity contribution in [2.24, 2.45) is 0 Å². The summed E-state index contributed by atoms with van der Waals surface area (Å²) < 4.78 is 11.2. The summed E-state index contributed by atoms with van der Waals surface area (Å²) in [5.74, 6) is 0.590. The summed E-state index contributed by atoms with van der Waals surface area (Å²) in [5, 5.41) is 9.42. The topological polar surface area (TPSA) is 107 Å². The lowest BCUT2D eigenvalue weighted by Crippen LogP contribution is -2.06. The molecule has 3 aromatic rings. The molecule has 0 saturated carbocycles. The molecule has 1 aromatic carbocycles. The maximum Gasteiger partial charge on any atom is 0.246 e. The van der Waals surface area contributed by atoms with Gasteiger partial charge in [0.1, 0.15) is 18.4 Å². The van der Waals surface area contributed by atoms with Gasteiger partial charge in [0.25, 0.3) is 0 Å². The molecule has 0 saturated heterocycles. The minimum absolute atomic E-state index is 0.0454. The second-order valence-electron chi connectivity index (χ2n) is 4.70. The number of aromatic nitrogens is 3. The van der Waals surface area contributed by atoms with E-state index in [9.17, 15) is 5.26 Å². The molecule has 2 N–H and O–H groups in total. The first-order valence-corrected chi connectivity index (χ1v) is 7.09. The molecule has 0 spiro atoms. The number of hydrogen-bond acceptors (Lipinski definition) is 7. The Morgan fingerprint density at radius 1 is 1.00 bits per heavy atom. The summed E-state index contributed by atoms with van der Waals surface area (Å²) in [5.41, 5.74) is 6.47. The van der Waals surface area contributed by atoms with Gasteiger partial charge in [0.15, 0.2) is 5.56 Å². The predicted octanol–water partition coefficient (Wildman–Crippen LogP) is 2.70. The van der Waals surface area contributed by atoms with E-state index in [1.807, 2.05) is 30.3 Å². The number of anilines is 1. The third-order valence-electron chi connectivity index (χ3n) is 3.01. The molecule has 0 unspecified atom stereocenters. The van der Waals surface area contributed by atoms with Crippen molar-refractivity contribution in [2.75, 3.05) is 5.73 Å². The van der Waals surface area contributed by atoms with Crippen molar-refractivity contribution < 1.29 is 9.47 Å². The Balaban J connectivity index is 1.88. The van der Waals surface area contributed by atoms with Crippen molar-refractivity contribution in [3.63, 3.8) is 0 Å². The van der Waals surface area contributed by atoms with E-state index in [1.165, 1.54) is 0 Å². The lowest BCUT2D eigenvalue weighted by Gasteiger charge is -2.11. The molecule has 0 bridgehead atoms. The number of nitrogen functional groups attached to an aromatic ring is 1. The molecule has 0 aliphatic rings. The lowest BCUT2D eigenvalue weighted by atomic mass is 10.3. The fraction of sp³-hybridized carbons (Fsp3) is 0.0588. The number of nitrogens with two attached hydrogens (primary N) is 1. The maximum atomic E-state index is 9.42. The fourth-order valence-corrected chi connectivity index (χ4v) is 1.94. The molecule has 118 valence electrons. The van der Waals surface area contributed by atoms with Crippen molar-refractivity contribution in [3.05, 3.63) is 66.0 Å². The summed E-state index contributed by atoms with van der Waals surface area (Å²) in [4.78, 5) is 12.1. The van der Waals surface area contributed by atoms with Crippen molar-refractivity contribution >= 4 is 5.95 Å². The molecule has 7 heteroatoms. The van der Waals surface area contributed by atoms with Crippen LogP contribution >= 0.6 is 0 Å². The SMILES string of the molecule is N#Cc1c(OCc2ccccn2)nc(N)nc1Oc1ccccc1. The van der Waals surface area contributed by atoms with E-state index in [4.69, 9.17) is 15.2 Å². The Hall–Kier alpha value is -3.66. The summed E-state index contributed by atoms with van der Waals surface area (Å²) >= 11 is 0. The van der Waals surface area contributed by atoms with Crippen molar-refractivity contribution in [3.8, 4) is 23.6 Å². The standard InChI is InChI=1S/C17H13N5O2/c18-10-14-15(23-11-12-6-4-5-9-20-12)21-17(19)22-16(14)24-13-7-2-1-3-8-13/h1-9H,11H2,(H2,19,21,22). The molecule has 0 fully saturated rings. The van der Waals surface area contributed by atoms with Gasteiger partial charge in [-0.2, -0.15) is 15.2 Å². The predicted molar refractivity (Wildman–Crippen MR) is 86.2 cm³/mol. The lowest BCUT2D eigenvalue weighted by molar-refractivity contribution is 0.286. The van der Waals surface area contributed by atoms with E-state index >= 15 is 0 Å². The minimum Gasteiger partial charge on any atom is -0.470 e. The molecule has 3 rings (SSSR count). The van der Waals surface area contributed by atoms with Crippen molar-refractivity contribution in [1.82, 2.24) is 15.0 Å². The Morgan fingerprint density at radius 2 is 1.75 bits per heavy atom. The summed E-state index contributed by atoms with van der Waals surface area (Å²) in [6, 6.07) is 16.4. The second kappa shape index (κ2) is 7.07. The smallest absolute Gasteiger partial charge is 0.246 e. The molecule has 24 heavy (non-hydrogen) atoms. The van der Waals surface area contributed by atoms with Gasteiger partial charge in [0.2, 0.25) is 17.7 Å². The second-order valence-corrected chi connectivity index (χ2v) is 4.70. The van der Waals surface area contributed by atoms with E-state index < -0.39 is 0 Å². The molecule has 0 aliphatic carbocycles. The highest BCUT2D eigenvalue weighted by Gasteiger charge is 2.17. The zero-order valence-electron chi connectivity index (χ0n) is 12.6. The highest BCUT2D eigenvalue weighted by atomic mass is 16.5. The Morgan fingerprint density at radius 3 is 2.46 bits per heavy atom. The van der Waals surface area contributed by atoms with E-state index in [0.29, 0.717) is 11.4 Å². The highest BCUT2D eigenvalue weighted by Crippen LogP contribution is 2.29. The first-order valence-electron chi connectivity index (χ1n) is 7.09. The third kappa shape index (κ3) is 3.56. The largest absolute Gasteiger partial charge is 0.470 e. The van der Waals surface area contributed by atoms with Crippen LogP contribution in [0.4, 0.5) is 5.95 Å². The average Bonchev–Trinajstić information content (AvgIpc) is 2.61. The zero-order chi connectivity index (χ0) is 16.8. The minimum atomic E-state index is -0.0454. The first-order chi connectivity index (χ1) is 11.8. The van der Waals surface area contributed by atoms with E-state index in [1.54, 1.807) is 30.5 Å². The Kier molecular flexibility index (Phi) is 4.49. The van der Waals surface area contributed by atoms with Crippen molar-refractivity contribution in [1.29, 1.82) is 5.26 Å². The maximum absolute atomic E-state index is 9.42. The summed E-state index contributed by atoms with van der Waals surface area (Å²) in [7, 11) is 0. The first kappa shape index (κ1) is 15.2. The van der Waals surface area contributed by atoms with Crippen LogP contribution in [0, 0.1) is 11.3 Å². The third-order valence-corrected chi connectivity index (χ3v) is 3.01. The molecule has 0 amide bonds. The van der Waals surface area contributed by atoms with Crippen LogP contribution in [0.25, 0.3) is 0 Å². The fourth-order valence-electron chi connectivity index (χ4n) is 1.94. The van der Waals surface area contributed by atoms with Gasteiger partial charge in [-0.25, -0.2) is 0 Å². The zero-order valence-corrected chi connectivity index (χ0v) is 12.6. The van der Waals surface area contributed by atoms with E-state index in [-0.39, 0.29) is 29.9 Å². The summed E-state index contributed by atoms with van der Waals surface area (Å²) in [6.07, 6.45) is 1.65. The number of benzene rings is 1. The molecular formula is C17H13N5O2. The van der Waals surface area contributed by atoms with Crippen LogP contribution < -0.4 is 15.2 Å². The Labute approximate surface area is 138 Å². The molecular weight excluding hydrogens is 306 g/mol. The quantitative estimate of drug-likeness (QED) is 0.770. The number of para-hydroxylation sites is 1. The van der Waals surface area contributed by atoms with Crippen LogP contribution in [0.15, 0.2) is 54.7 Å². The van der Waals surface area contributed by atoms with Crippen LogP contribution in [0.2, 0.25) is 0 Å². The van der Waals surface area contributed by atoms with Crippen LogP contribution in [-0.4, -0.2) is 15.0 Å². The van der Waals surface area contributed by atoms with Gasteiger partial charge < -0.3 is 15.2 Å². The average molecular weight is 319 g/mol. The van der Waals surface area contributed by atoms with Gasteiger partial charge in [-0.3, -0.25) is 4.98 Å². The number of ether oxygens (including phenoxy) is 2. The van der Waals surface area contributed by atoms with Gasteiger partial charge >= 0.3 is 0 Å². The van der Waals surface area contributed by atoms with Gasteiger partial charge in [0, 0.05) is 6.20 Å².